The molecular weight excluding hydrogens is 567 g/mol. The van der Waals surface area contributed by atoms with Crippen molar-refractivity contribution in [2.24, 2.45) is 0 Å². The molecule has 0 aliphatic heterocycles. The topological polar surface area (TPSA) is 27.7 Å². The number of halogens is 17. The maximum Gasteiger partial charge on any atom is 0.500 e. The fourth-order valence-corrected chi connectivity index (χ4v) is 4.16. The summed E-state index contributed by atoms with van der Waals surface area (Å²) in [5.41, 5.74) is 0. The zero-order valence-electron chi connectivity index (χ0n) is 17.3. The van der Waals surface area contributed by atoms with Crippen LogP contribution in [0.3, 0.4) is 0 Å². The van der Waals surface area contributed by atoms with E-state index in [4.69, 9.17) is 0 Å². The Morgan fingerprint density at radius 1 is 0.457 bits per heavy atom. The summed E-state index contributed by atoms with van der Waals surface area (Å²) in [5.74, 6) is -56.3. The molecule has 0 N–H and O–H groups in total. The SMILES string of the molecule is CO[Si](CCCC(F)(F)C(F)(F)C(F)(F)C(F)(F)C(F)(F)C(F)(F)C(F)(F)C(F)(F)F)(OC)OC. The molecule has 0 radical (unpaired) electrons. The summed E-state index contributed by atoms with van der Waals surface area (Å²) < 4.78 is 238. The average molecular weight is 582 g/mol. The molecular formula is C14H15F17O3Si. The van der Waals surface area contributed by atoms with Crippen molar-refractivity contribution >= 4 is 8.80 Å². The van der Waals surface area contributed by atoms with E-state index in [0.717, 1.165) is 21.3 Å². The van der Waals surface area contributed by atoms with Gasteiger partial charge in [-0.1, -0.05) is 0 Å². The summed E-state index contributed by atoms with van der Waals surface area (Å²) in [6, 6.07) is -0.893. The second-order valence-electron chi connectivity index (χ2n) is 6.80. The quantitative estimate of drug-likeness (QED) is 0.180. The van der Waals surface area contributed by atoms with Crippen molar-refractivity contribution in [1.82, 2.24) is 0 Å². The van der Waals surface area contributed by atoms with Crippen molar-refractivity contribution in [3.8, 4) is 0 Å². The van der Waals surface area contributed by atoms with Gasteiger partial charge in [-0.25, -0.2) is 0 Å². The molecule has 212 valence electrons. The van der Waals surface area contributed by atoms with Gasteiger partial charge in [0.05, 0.1) is 0 Å². The standard InChI is InChI=1S/C14H15F17O3Si/c1-32-35(33-2,34-3)6-4-5-7(15,16)8(17,18)9(19,20)10(21,22)11(23,24)12(25,26)13(27,28)14(29,30)31/h4-6H2,1-3H3. The molecule has 0 amide bonds. The minimum atomic E-state index is -8.63. The van der Waals surface area contributed by atoms with Gasteiger partial charge in [0, 0.05) is 33.8 Å². The highest BCUT2D eigenvalue weighted by Crippen LogP contribution is 2.64. The first kappa shape index (κ1) is 33.9. The second kappa shape index (κ2) is 9.65. The minimum Gasteiger partial charge on any atom is -0.377 e. The van der Waals surface area contributed by atoms with Crippen LogP contribution in [-0.2, 0) is 13.3 Å². The van der Waals surface area contributed by atoms with Gasteiger partial charge in [-0.05, 0) is 6.42 Å². The van der Waals surface area contributed by atoms with Gasteiger partial charge in [0.2, 0.25) is 0 Å². The van der Waals surface area contributed by atoms with Crippen LogP contribution in [0.15, 0.2) is 0 Å². The van der Waals surface area contributed by atoms with Gasteiger partial charge in [-0.15, -0.1) is 0 Å². The van der Waals surface area contributed by atoms with E-state index in [2.05, 4.69) is 13.3 Å². The van der Waals surface area contributed by atoms with Crippen molar-refractivity contribution in [3.63, 3.8) is 0 Å². The Bertz CT molecular complexity index is 709. The zero-order chi connectivity index (χ0) is 28.7. The molecule has 35 heavy (non-hydrogen) atoms. The Morgan fingerprint density at radius 2 is 0.743 bits per heavy atom. The van der Waals surface area contributed by atoms with E-state index in [1.165, 1.54) is 0 Å². The third-order valence-corrected chi connectivity index (χ3v) is 7.53. The molecule has 0 rings (SSSR count). The van der Waals surface area contributed by atoms with Crippen LogP contribution in [0.1, 0.15) is 12.8 Å². The lowest BCUT2D eigenvalue weighted by Gasteiger charge is -2.42. The lowest BCUT2D eigenvalue weighted by atomic mass is 9.88. The molecule has 0 atom stereocenters. The molecule has 0 fully saturated rings. The maximum atomic E-state index is 13.8. The monoisotopic (exact) mass is 582 g/mol. The van der Waals surface area contributed by atoms with E-state index in [1.807, 2.05) is 0 Å². The van der Waals surface area contributed by atoms with Crippen LogP contribution in [0.2, 0.25) is 6.04 Å². The molecule has 0 aromatic heterocycles. The Balaban J connectivity index is 6.35. The molecule has 21 heteroatoms. The molecule has 0 saturated carbocycles. The molecule has 0 aliphatic carbocycles. The van der Waals surface area contributed by atoms with E-state index in [1.54, 1.807) is 0 Å². The summed E-state index contributed by atoms with van der Waals surface area (Å²) in [6.45, 7) is 0. The first-order chi connectivity index (χ1) is 15.1. The molecule has 0 spiro atoms. The maximum absolute atomic E-state index is 13.8. The molecule has 0 aromatic carbocycles. The van der Waals surface area contributed by atoms with Crippen LogP contribution in [0.5, 0.6) is 0 Å². The molecule has 0 saturated heterocycles. The Morgan fingerprint density at radius 3 is 1.03 bits per heavy atom. The van der Waals surface area contributed by atoms with E-state index >= 15 is 0 Å². The van der Waals surface area contributed by atoms with Gasteiger partial charge >= 0.3 is 56.4 Å². The van der Waals surface area contributed by atoms with Gasteiger partial charge in [0.15, 0.2) is 0 Å². The van der Waals surface area contributed by atoms with E-state index < -0.39 is 75.3 Å². The predicted octanol–water partition coefficient (Wildman–Crippen LogP) is 6.65. The fourth-order valence-electron chi connectivity index (χ4n) is 2.44. The molecule has 0 aromatic rings. The van der Waals surface area contributed by atoms with Gasteiger partial charge in [-0.2, -0.15) is 74.6 Å². The first-order valence-corrected chi connectivity index (χ1v) is 10.4. The molecule has 0 bridgehead atoms. The fraction of sp³-hybridized carbons (Fsp3) is 1.00. The van der Waals surface area contributed by atoms with Crippen molar-refractivity contribution in [2.45, 2.75) is 66.5 Å². The van der Waals surface area contributed by atoms with Crippen LogP contribution < -0.4 is 0 Å². The van der Waals surface area contributed by atoms with Crippen molar-refractivity contribution in [3.05, 3.63) is 0 Å². The van der Waals surface area contributed by atoms with Crippen LogP contribution >= 0.6 is 0 Å². The Labute approximate surface area is 185 Å². The van der Waals surface area contributed by atoms with Gasteiger partial charge < -0.3 is 13.3 Å². The lowest BCUT2D eigenvalue weighted by molar-refractivity contribution is -0.461. The molecule has 0 unspecified atom stereocenters. The largest absolute Gasteiger partial charge is 0.500 e. The first-order valence-electron chi connectivity index (χ1n) is 8.51. The Hall–Kier alpha value is -1.09. The minimum absolute atomic E-state index is 0.861. The van der Waals surface area contributed by atoms with Crippen LogP contribution in [-0.4, -0.2) is 77.8 Å². The van der Waals surface area contributed by atoms with Crippen molar-refractivity contribution in [1.29, 1.82) is 0 Å². The summed E-state index contributed by atoms with van der Waals surface area (Å²) in [4.78, 5) is 0. The normalized spacial score (nSPS) is 16.1. The summed E-state index contributed by atoms with van der Waals surface area (Å²) >= 11 is 0. The Kier molecular flexibility index (Phi) is 9.35. The molecule has 0 heterocycles. The van der Waals surface area contributed by atoms with Crippen molar-refractivity contribution < 1.29 is 87.9 Å². The summed E-state index contributed by atoms with van der Waals surface area (Å²) in [5, 5.41) is 0. The predicted molar refractivity (Wildman–Crippen MR) is 81.5 cm³/mol. The molecule has 3 nitrogen and oxygen atoms in total. The smallest absolute Gasteiger partial charge is 0.377 e. The highest BCUT2D eigenvalue weighted by molar-refractivity contribution is 6.60. The third kappa shape index (κ3) is 5.05. The summed E-state index contributed by atoms with van der Waals surface area (Å²) in [6.07, 6.45) is -11.7. The van der Waals surface area contributed by atoms with Gasteiger partial charge in [0.25, 0.3) is 0 Å². The van der Waals surface area contributed by atoms with Gasteiger partial charge in [0.1, 0.15) is 0 Å². The van der Waals surface area contributed by atoms with E-state index in [9.17, 15) is 74.6 Å². The molecule has 0 aliphatic rings. The number of rotatable bonds is 13. The average Bonchev–Trinajstić information content (AvgIpc) is 2.69. The van der Waals surface area contributed by atoms with E-state index in [-0.39, 0.29) is 0 Å². The highest BCUT2D eigenvalue weighted by Gasteiger charge is 2.95. The lowest BCUT2D eigenvalue weighted by Crippen LogP contribution is -2.74. The number of alkyl halides is 17. The number of hydrogen-bond acceptors (Lipinski definition) is 3. The van der Waals surface area contributed by atoms with Crippen molar-refractivity contribution in [2.75, 3.05) is 21.3 Å². The highest BCUT2D eigenvalue weighted by atomic mass is 28.4. The number of hydrogen-bond donors (Lipinski definition) is 0. The van der Waals surface area contributed by atoms with Crippen LogP contribution in [0.4, 0.5) is 74.6 Å². The summed E-state index contributed by atoms with van der Waals surface area (Å²) in [7, 11) is -1.29. The van der Waals surface area contributed by atoms with Crippen LogP contribution in [0, 0.1) is 0 Å². The second-order valence-corrected chi connectivity index (χ2v) is 9.89. The van der Waals surface area contributed by atoms with E-state index in [0.29, 0.717) is 0 Å². The third-order valence-electron chi connectivity index (χ3n) is 4.69. The van der Waals surface area contributed by atoms with Crippen LogP contribution in [0.25, 0.3) is 0 Å². The zero-order valence-corrected chi connectivity index (χ0v) is 18.3. The van der Waals surface area contributed by atoms with Gasteiger partial charge in [-0.3, -0.25) is 0 Å².